The van der Waals surface area contributed by atoms with Crippen molar-refractivity contribution in [3.05, 3.63) is 34.3 Å². The van der Waals surface area contributed by atoms with E-state index in [1.807, 2.05) is 0 Å². The summed E-state index contributed by atoms with van der Waals surface area (Å²) in [5.41, 5.74) is 2.50. The highest BCUT2D eigenvalue weighted by Crippen LogP contribution is 2.20. The van der Waals surface area contributed by atoms with Gasteiger partial charge in [0.25, 0.3) is 0 Å². The number of hydrogen-bond donors (Lipinski definition) is 1. The fraction of sp³-hybridized carbons (Fsp3) is 0.625. The Labute approximate surface area is 117 Å². The molecule has 1 unspecified atom stereocenters. The highest BCUT2D eigenvalue weighted by Gasteiger charge is 2.10. The Morgan fingerprint density at radius 3 is 2.61 bits per heavy atom. The van der Waals surface area contributed by atoms with Crippen molar-refractivity contribution in [3.63, 3.8) is 0 Å². The first-order chi connectivity index (χ1) is 8.67. The molecule has 1 atom stereocenters. The molecule has 18 heavy (non-hydrogen) atoms. The lowest BCUT2D eigenvalue weighted by atomic mass is 9.99. The molecule has 0 aliphatic carbocycles. The molecule has 1 rings (SSSR count). The fourth-order valence-corrected chi connectivity index (χ4v) is 2.60. The van der Waals surface area contributed by atoms with Crippen LogP contribution in [0.25, 0.3) is 0 Å². The smallest absolute Gasteiger partial charge is 0.0441 e. The van der Waals surface area contributed by atoms with Gasteiger partial charge < -0.3 is 5.32 Å². The minimum absolute atomic E-state index is 0.557. The summed E-state index contributed by atoms with van der Waals surface area (Å²) in [4.78, 5) is 0. The van der Waals surface area contributed by atoms with Crippen LogP contribution in [0, 0.1) is 6.92 Å². The molecule has 0 heterocycles. The van der Waals surface area contributed by atoms with Crippen molar-refractivity contribution in [2.24, 2.45) is 0 Å². The van der Waals surface area contributed by atoms with Crippen molar-refractivity contribution in [2.45, 2.75) is 58.9 Å². The molecule has 102 valence electrons. The molecule has 0 spiro atoms. The Balaban J connectivity index is 2.58. The van der Waals surface area contributed by atoms with Crippen molar-refractivity contribution in [2.75, 3.05) is 6.54 Å². The molecule has 1 aromatic rings. The third-order valence-electron chi connectivity index (χ3n) is 3.32. The number of unbranched alkanes of at least 4 members (excludes halogenated alkanes) is 2. The predicted octanol–water partition coefficient (Wildman–Crippen LogP) is 4.75. The van der Waals surface area contributed by atoms with Crippen LogP contribution in [-0.2, 0) is 6.42 Å². The van der Waals surface area contributed by atoms with Crippen molar-refractivity contribution in [3.8, 4) is 0 Å². The lowest BCUT2D eigenvalue weighted by Gasteiger charge is -2.18. The van der Waals surface area contributed by atoms with Crippen LogP contribution in [0.5, 0.6) is 0 Å². The summed E-state index contributed by atoms with van der Waals surface area (Å²) in [5, 5.41) is 4.48. The molecule has 0 amide bonds. The van der Waals surface area contributed by atoms with Crippen LogP contribution in [0.3, 0.4) is 0 Å². The number of benzene rings is 1. The average molecular weight is 268 g/mol. The summed E-state index contributed by atoms with van der Waals surface area (Å²) in [6, 6.07) is 6.94. The molecule has 1 nitrogen and oxygen atoms in total. The van der Waals surface area contributed by atoms with Gasteiger partial charge in [-0.2, -0.15) is 0 Å². The van der Waals surface area contributed by atoms with Gasteiger partial charge in [-0.3, -0.25) is 0 Å². The van der Waals surface area contributed by atoms with Gasteiger partial charge in [-0.05, 0) is 43.5 Å². The number of nitrogens with one attached hydrogen (secondary N) is 1. The predicted molar refractivity (Wildman–Crippen MR) is 81.5 cm³/mol. The van der Waals surface area contributed by atoms with E-state index >= 15 is 0 Å². The summed E-state index contributed by atoms with van der Waals surface area (Å²) in [5.74, 6) is 0. The molecule has 0 radical (unpaired) electrons. The first-order valence-electron chi connectivity index (χ1n) is 7.15. The number of likely N-dealkylation sites (N-methyl/N-ethyl adjacent to an activating group) is 1. The highest BCUT2D eigenvalue weighted by molar-refractivity contribution is 6.31. The van der Waals surface area contributed by atoms with Crippen LogP contribution < -0.4 is 5.32 Å². The SMILES string of the molecule is CCCCCC(Cc1ccc(C)cc1Cl)NCC. The van der Waals surface area contributed by atoms with E-state index in [9.17, 15) is 0 Å². The Morgan fingerprint density at radius 1 is 1.22 bits per heavy atom. The van der Waals surface area contributed by atoms with E-state index in [0.717, 1.165) is 18.0 Å². The number of aryl methyl sites for hydroxylation is 1. The highest BCUT2D eigenvalue weighted by atomic mass is 35.5. The summed E-state index contributed by atoms with van der Waals surface area (Å²) >= 11 is 6.31. The van der Waals surface area contributed by atoms with Gasteiger partial charge >= 0.3 is 0 Å². The quantitative estimate of drug-likeness (QED) is 0.671. The molecule has 1 aromatic carbocycles. The minimum Gasteiger partial charge on any atom is -0.314 e. The monoisotopic (exact) mass is 267 g/mol. The van der Waals surface area contributed by atoms with Crippen LogP contribution >= 0.6 is 11.6 Å². The second-order valence-corrected chi connectivity index (χ2v) is 5.46. The Bertz CT molecular complexity index is 349. The first kappa shape index (κ1) is 15.5. The van der Waals surface area contributed by atoms with E-state index in [-0.39, 0.29) is 0 Å². The molecule has 0 aromatic heterocycles. The molecule has 0 fully saturated rings. The van der Waals surface area contributed by atoms with Crippen molar-refractivity contribution >= 4 is 11.6 Å². The number of halogens is 1. The zero-order chi connectivity index (χ0) is 13.4. The van der Waals surface area contributed by atoms with Gasteiger partial charge in [0.05, 0.1) is 0 Å². The second kappa shape index (κ2) is 8.55. The molecule has 0 bridgehead atoms. The van der Waals surface area contributed by atoms with Gasteiger partial charge in [-0.25, -0.2) is 0 Å². The molecule has 0 saturated carbocycles. The Morgan fingerprint density at radius 2 is 2.00 bits per heavy atom. The zero-order valence-electron chi connectivity index (χ0n) is 11.9. The van der Waals surface area contributed by atoms with Crippen LogP contribution in [-0.4, -0.2) is 12.6 Å². The van der Waals surface area contributed by atoms with Crippen LogP contribution in [0.1, 0.15) is 50.7 Å². The molecule has 0 saturated heterocycles. The maximum atomic E-state index is 6.31. The van der Waals surface area contributed by atoms with Gasteiger partial charge in [0.2, 0.25) is 0 Å². The van der Waals surface area contributed by atoms with Gasteiger partial charge in [0, 0.05) is 11.1 Å². The van der Waals surface area contributed by atoms with E-state index in [2.05, 4.69) is 44.3 Å². The van der Waals surface area contributed by atoms with Crippen molar-refractivity contribution < 1.29 is 0 Å². The Hall–Kier alpha value is -0.530. The van der Waals surface area contributed by atoms with Gasteiger partial charge in [0.1, 0.15) is 0 Å². The topological polar surface area (TPSA) is 12.0 Å². The summed E-state index contributed by atoms with van der Waals surface area (Å²) in [6.07, 6.45) is 6.19. The molecular formula is C16H26ClN. The Kier molecular flexibility index (Phi) is 7.38. The van der Waals surface area contributed by atoms with E-state index in [4.69, 9.17) is 11.6 Å². The van der Waals surface area contributed by atoms with Crippen molar-refractivity contribution in [1.82, 2.24) is 5.32 Å². The lowest BCUT2D eigenvalue weighted by Crippen LogP contribution is -2.31. The molecular weight excluding hydrogens is 242 g/mol. The molecule has 1 N–H and O–H groups in total. The largest absolute Gasteiger partial charge is 0.314 e. The van der Waals surface area contributed by atoms with E-state index in [1.165, 1.54) is 36.8 Å². The van der Waals surface area contributed by atoms with Gasteiger partial charge in [0.15, 0.2) is 0 Å². The zero-order valence-corrected chi connectivity index (χ0v) is 12.7. The van der Waals surface area contributed by atoms with Gasteiger partial charge in [-0.1, -0.05) is 56.8 Å². The maximum absolute atomic E-state index is 6.31. The summed E-state index contributed by atoms with van der Waals surface area (Å²) in [6.45, 7) is 7.53. The van der Waals surface area contributed by atoms with Crippen LogP contribution in [0.4, 0.5) is 0 Å². The normalized spacial score (nSPS) is 12.7. The van der Waals surface area contributed by atoms with E-state index in [0.29, 0.717) is 6.04 Å². The lowest BCUT2D eigenvalue weighted by molar-refractivity contribution is 0.467. The average Bonchev–Trinajstić information content (AvgIpc) is 2.33. The minimum atomic E-state index is 0.557. The first-order valence-corrected chi connectivity index (χ1v) is 7.53. The van der Waals surface area contributed by atoms with Crippen LogP contribution in [0.2, 0.25) is 5.02 Å². The van der Waals surface area contributed by atoms with Gasteiger partial charge in [-0.15, -0.1) is 0 Å². The van der Waals surface area contributed by atoms with Crippen molar-refractivity contribution in [1.29, 1.82) is 0 Å². The number of hydrogen-bond acceptors (Lipinski definition) is 1. The third kappa shape index (κ3) is 5.41. The molecule has 0 aliphatic rings. The third-order valence-corrected chi connectivity index (χ3v) is 3.68. The standard InChI is InChI=1S/C16H26ClN/c1-4-6-7-8-15(18-5-2)12-14-10-9-13(3)11-16(14)17/h9-11,15,18H,4-8,12H2,1-3H3. The molecule has 0 aliphatic heterocycles. The second-order valence-electron chi connectivity index (χ2n) is 5.05. The van der Waals surface area contributed by atoms with E-state index < -0.39 is 0 Å². The number of rotatable bonds is 8. The summed E-state index contributed by atoms with van der Waals surface area (Å²) < 4.78 is 0. The fourth-order valence-electron chi connectivity index (χ4n) is 2.29. The van der Waals surface area contributed by atoms with E-state index in [1.54, 1.807) is 0 Å². The summed E-state index contributed by atoms with van der Waals surface area (Å²) in [7, 11) is 0. The van der Waals surface area contributed by atoms with Crippen LogP contribution in [0.15, 0.2) is 18.2 Å². The molecule has 2 heteroatoms. The maximum Gasteiger partial charge on any atom is 0.0441 e.